The maximum Gasteiger partial charge on any atom is 0.236 e. The SMILES string of the molecule is O=C=NC1COCCN1S(=O)(=O)CCc1ccncc1. The second-order valence-electron chi connectivity index (χ2n) is 4.31. The van der Waals surface area contributed by atoms with Gasteiger partial charge in [-0.05, 0) is 24.1 Å². The van der Waals surface area contributed by atoms with Gasteiger partial charge in [0.2, 0.25) is 16.1 Å². The highest BCUT2D eigenvalue weighted by atomic mass is 32.2. The highest BCUT2D eigenvalue weighted by Crippen LogP contribution is 2.15. The van der Waals surface area contributed by atoms with Gasteiger partial charge in [-0.25, -0.2) is 13.2 Å². The molecule has 108 valence electrons. The van der Waals surface area contributed by atoms with E-state index in [9.17, 15) is 13.2 Å². The van der Waals surface area contributed by atoms with Crippen LogP contribution in [0.2, 0.25) is 0 Å². The Kier molecular flexibility index (Phi) is 4.97. The van der Waals surface area contributed by atoms with Crippen LogP contribution in [-0.2, 0) is 26.0 Å². The zero-order chi connectivity index (χ0) is 14.4. The van der Waals surface area contributed by atoms with Crippen molar-refractivity contribution in [2.45, 2.75) is 12.6 Å². The number of aromatic nitrogens is 1. The summed E-state index contributed by atoms with van der Waals surface area (Å²) in [6, 6.07) is 3.55. The van der Waals surface area contributed by atoms with Crippen LogP contribution in [0.5, 0.6) is 0 Å². The van der Waals surface area contributed by atoms with Crippen LogP contribution in [0.4, 0.5) is 0 Å². The lowest BCUT2D eigenvalue weighted by Crippen LogP contribution is -2.48. The molecule has 1 unspecified atom stereocenters. The number of isocyanates is 1. The molecule has 1 aliphatic rings. The van der Waals surface area contributed by atoms with Crippen LogP contribution in [-0.4, -0.2) is 55.5 Å². The lowest BCUT2D eigenvalue weighted by molar-refractivity contribution is 0.0359. The Hall–Kier alpha value is -1.60. The number of carbonyl (C=O) groups excluding carboxylic acids is 1. The van der Waals surface area contributed by atoms with Gasteiger partial charge in [-0.15, -0.1) is 0 Å². The molecule has 7 nitrogen and oxygen atoms in total. The smallest absolute Gasteiger partial charge is 0.236 e. The summed E-state index contributed by atoms with van der Waals surface area (Å²) in [6.07, 6.45) is 4.22. The Balaban J connectivity index is 2.06. The maximum atomic E-state index is 12.3. The van der Waals surface area contributed by atoms with Crippen LogP contribution in [0, 0.1) is 0 Å². The predicted octanol–water partition coefficient (Wildman–Crippen LogP) is -0.0520. The van der Waals surface area contributed by atoms with E-state index in [0.717, 1.165) is 5.56 Å². The molecule has 1 atom stereocenters. The van der Waals surface area contributed by atoms with Crippen molar-refractivity contribution in [1.82, 2.24) is 9.29 Å². The Morgan fingerprint density at radius 1 is 1.45 bits per heavy atom. The molecule has 2 heterocycles. The minimum atomic E-state index is -3.49. The summed E-state index contributed by atoms with van der Waals surface area (Å²) in [7, 11) is -3.49. The first-order chi connectivity index (χ1) is 9.63. The standard InChI is InChI=1S/C12H15N3O4S/c16-10-14-12-9-19-7-6-15(12)20(17,18)8-3-11-1-4-13-5-2-11/h1-2,4-5,12H,3,6-9H2. The zero-order valence-electron chi connectivity index (χ0n) is 10.8. The summed E-state index contributed by atoms with van der Waals surface area (Å²) < 4.78 is 31.0. The van der Waals surface area contributed by atoms with Gasteiger partial charge in [-0.3, -0.25) is 4.98 Å². The lowest BCUT2D eigenvalue weighted by atomic mass is 10.2. The molecular weight excluding hydrogens is 282 g/mol. The summed E-state index contributed by atoms with van der Waals surface area (Å²) >= 11 is 0. The molecule has 0 amide bonds. The van der Waals surface area contributed by atoms with Gasteiger partial charge in [0.05, 0.1) is 19.0 Å². The average Bonchev–Trinajstić information content (AvgIpc) is 2.47. The summed E-state index contributed by atoms with van der Waals surface area (Å²) in [5.41, 5.74) is 0.896. The molecule has 1 saturated heterocycles. The van der Waals surface area contributed by atoms with Gasteiger partial charge in [0.1, 0.15) is 0 Å². The summed E-state index contributed by atoms with van der Waals surface area (Å²) in [6.45, 7) is 0.595. The first-order valence-electron chi connectivity index (χ1n) is 6.16. The lowest BCUT2D eigenvalue weighted by Gasteiger charge is -2.31. The highest BCUT2D eigenvalue weighted by molar-refractivity contribution is 7.89. The Bertz CT molecular complexity index is 584. The van der Waals surface area contributed by atoms with Gasteiger partial charge in [0, 0.05) is 18.9 Å². The fourth-order valence-electron chi connectivity index (χ4n) is 1.98. The van der Waals surface area contributed by atoms with Gasteiger partial charge in [-0.1, -0.05) is 0 Å². The molecular formula is C12H15N3O4S. The third-order valence-corrected chi connectivity index (χ3v) is 4.87. The summed E-state index contributed by atoms with van der Waals surface area (Å²) in [5.74, 6) is -0.0398. The number of hydrogen-bond acceptors (Lipinski definition) is 6. The van der Waals surface area contributed by atoms with Crippen molar-refractivity contribution in [3.8, 4) is 0 Å². The summed E-state index contributed by atoms with van der Waals surface area (Å²) in [5, 5.41) is 0. The van der Waals surface area contributed by atoms with Crippen LogP contribution in [0.3, 0.4) is 0 Å². The van der Waals surface area contributed by atoms with Crippen molar-refractivity contribution in [3.63, 3.8) is 0 Å². The quantitative estimate of drug-likeness (QED) is 0.561. The van der Waals surface area contributed by atoms with Crippen LogP contribution >= 0.6 is 0 Å². The molecule has 1 aliphatic heterocycles. The number of pyridine rings is 1. The van der Waals surface area contributed by atoms with E-state index in [-0.39, 0.29) is 18.9 Å². The van der Waals surface area contributed by atoms with Crippen molar-refractivity contribution in [2.24, 2.45) is 4.99 Å². The van der Waals surface area contributed by atoms with E-state index in [2.05, 4.69) is 9.98 Å². The molecule has 0 aliphatic carbocycles. The second kappa shape index (κ2) is 6.71. The number of morpholine rings is 1. The number of rotatable bonds is 5. The third-order valence-electron chi connectivity index (χ3n) is 3.01. The number of nitrogens with zero attached hydrogens (tertiary/aromatic N) is 3. The first-order valence-corrected chi connectivity index (χ1v) is 7.77. The Labute approximate surface area is 117 Å². The molecule has 0 spiro atoms. The average molecular weight is 297 g/mol. The number of hydrogen-bond donors (Lipinski definition) is 0. The molecule has 20 heavy (non-hydrogen) atoms. The number of ether oxygens (including phenoxy) is 1. The Morgan fingerprint density at radius 3 is 2.90 bits per heavy atom. The fourth-order valence-corrected chi connectivity index (χ4v) is 3.54. The van der Waals surface area contributed by atoms with Gasteiger partial charge >= 0.3 is 0 Å². The molecule has 1 aromatic rings. The molecule has 0 aromatic carbocycles. The number of aliphatic imine (C=N–C) groups is 1. The van der Waals surface area contributed by atoms with Crippen LogP contribution in [0.1, 0.15) is 5.56 Å². The van der Waals surface area contributed by atoms with E-state index in [1.807, 2.05) is 0 Å². The second-order valence-corrected chi connectivity index (χ2v) is 6.35. The van der Waals surface area contributed by atoms with E-state index in [1.165, 1.54) is 10.4 Å². The van der Waals surface area contributed by atoms with Crippen molar-refractivity contribution in [2.75, 3.05) is 25.5 Å². The van der Waals surface area contributed by atoms with Crippen molar-refractivity contribution >= 4 is 16.1 Å². The molecule has 1 aromatic heterocycles. The highest BCUT2D eigenvalue weighted by Gasteiger charge is 2.32. The summed E-state index contributed by atoms with van der Waals surface area (Å²) in [4.78, 5) is 17.7. The molecule has 8 heteroatoms. The minimum absolute atomic E-state index is 0.0398. The van der Waals surface area contributed by atoms with Gasteiger partial charge in [0.25, 0.3) is 0 Å². The van der Waals surface area contributed by atoms with E-state index in [4.69, 9.17) is 4.74 Å². The van der Waals surface area contributed by atoms with Crippen LogP contribution < -0.4 is 0 Å². The van der Waals surface area contributed by atoms with E-state index < -0.39 is 16.2 Å². The largest absolute Gasteiger partial charge is 0.376 e. The molecule has 0 N–H and O–H groups in total. The fraction of sp³-hybridized carbons (Fsp3) is 0.500. The van der Waals surface area contributed by atoms with E-state index >= 15 is 0 Å². The molecule has 0 bridgehead atoms. The molecule has 0 radical (unpaired) electrons. The number of aryl methyl sites for hydroxylation is 1. The predicted molar refractivity (Wildman–Crippen MR) is 71.2 cm³/mol. The van der Waals surface area contributed by atoms with Gasteiger partial charge in [0.15, 0.2) is 6.17 Å². The molecule has 2 rings (SSSR count). The normalized spacial score (nSPS) is 20.3. The molecule has 0 saturated carbocycles. The van der Waals surface area contributed by atoms with E-state index in [1.54, 1.807) is 24.5 Å². The topological polar surface area (TPSA) is 88.9 Å². The number of sulfonamides is 1. The van der Waals surface area contributed by atoms with Gasteiger partial charge < -0.3 is 4.74 Å². The van der Waals surface area contributed by atoms with Crippen LogP contribution in [0.25, 0.3) is 0 Å². The first kappa shape index (κ1) is 14.8. The maximum absolute atomic E-state index is 12.3. The van der Waals surface area contributed by atoms with Crippen molar-refractivity contribution in [3.05, 3.63) is 30.1 Å². The van der Waals surface area contributed by atoms with Crippen molar-refractivity contribution in [1.29, 1.82) is 0 Å². The molecule has 1 fully saturated rings. The van der Waals surface area contributed by atoms with Crippen LogP contribution in [0.15, 0.2) is 29.5 Å². The van der Waals surface area contributed by atoms with Crippen molar-refractivity contribution < 1.29 is 17.9 Å². The minimum Gasteiger partial charge on any atom is -0.376 e. The van der Waals surface area contributed by atoms with Gasteiger partial charge in [-0.2, -0.15) is 9.30 Å². The Morgan fingerprint density at radius 2 is 2.20 bits per heavy atom. The monoisotopic (exact) mass is 297 g/mol. The third kappa shape index (κ3) is 3.71. The van der Waals surface area contributed by atoms with E-state index in [0.29, 0.717) is 13.0 Å². The zero-order valence-corrected chi connectivity index (χ0v) is 11.6.